The molecule has 0 amide bonds. The maximum Gasteiger partial charge on any atom is 0.174 e. The van der Waals surface area contributed by atoms with Crippen molar-refractivity contribution in [3.05, 3.63) is 114 Å². The highest BCUT2D eigenvalue weighted by Gasteiger charge is 2.25. The van der Waals surface area contributed by atoms with Crippen LogP contribution in [0.15, 0.2) is 85.5 Å². The molecule has 0 aliphatic carbocycles. The van der Waals surface area contributed by atoms with Crippen LogP contribution in [0.3, 0.4) is 0 Å². The number of halogens is 2. The van der Waals surface area contributed by atoms with E-state index < -0.39 is 23.3 Å². The van der Waals surface area contributed by atoms with Crippen molar-refractivity contribution < 1.29 is 18.6 Å². The molecule has 3 heterocycles. The number of rotatable bonds is 6. The Morgan fingerprint density at radius 3 is 2.61 bits per heavy atom. The van der Waals surface area contributed by atoms with Crippen molar-refractivity contribution in [3.63, 3.8) is 0 Å². The van der Waals surface area contributed by atoms with Gasteiger partial charge in [0.05, 0.1) is 5.56 Å². The Labute approximate surface area is 188 Å². The van der Waals surface area contributed by atoms with Gasteiger partial charge in [0.1, 0.15) is 24.2 Å². The molecule has 2 aromatic carbocycles. The molecule has 7 heteroatoms. The molecule has 0 aliphatic heterocycles. The SMILES string of the molecule is OC(c1c(F)ccc(OCc2ccccc2)c1F)c1c[nH]c2ncc(-c3cccnc3)cc12. The average molecular weight is 443 g/mol. The van der Waals surface area contributed by atoms with Gasteiger partial charge in [0, 0.05) is 46.9 Å². The van der Waals surface area contributed by atoms with E-state index in [1.165, 1.54) is 12.3 Å². The lowest BCUT2D eigenvalue weighted by molar-refractivity contribution is 0.206. The molecule has 1 unspecified atom stereocenters. The molecule has 0 spiro atoms. The van der Waals surface area contributed by atoms with E-state index in [1.54, 1.807) is 30.7 Å². The van der Waals surface area contributed by atoms with Gasteiger partial charge in [0.25, 0.3) is 0 Å². The molecule has 0 bridgehead atoms. The summed E-state index contributed by atoms with van der Waals surface area (Å²) in [5.41, 5.74) is 2.77. The van der Waals surface area contributed by atoms with Crippen LogP contribution >= 0.6 is 0 Å². The number of ether oxygens (including phenoxy) is 1. The normalized spacial score (nSPS) is 12.1. The number of benzene rings is 2. The Morgan fingerprint density at radius 1 is 0.970 bits per heavy atom. The number of H-pyrrole nitrogens is 1. The van der Waals surface area contributed by atoms with Crippen LogP contribution in [0.25, 0.3) is 22.2 Å². The third kappa shape index (κ3) is 4.06. The average Bonchev–Trinajstić information content (AvgIpc) is 3.28. The summed E-state index contributed by atoms with van der Waals surface area (Å²) >= 11 is 0. The number of hydrogen-bond acceptors (Lipinski definition) is 4. The van der Waals surface area contributed by atoms with Crippen LogP contribution in [0.5, 0.6) is 5.75 Å². The molecule has 0 aliphatic rings. The molecule has 1 atom stereocenters. The van der Waals surface area contributed by atoms with Crippen LogP contribution in [-0.4, -0.2) is 20.1 Å². The maximum atomic E-state index is 15.3. The number of fused-ring (bicyclic) bond motifs is 1. The highest BCUT2D eigenvalue weighted by Crippen LogP contribution is 2.35. The predicted octanol–water partition coefficient (Wildman–Crippen LogP) is 5.56. The van der Waals surface area contributed by atoms with Gasteiger partial charge in [-0.3, -0.25) is 4.98 Å². The summed E-state index contributed by atoms with van der Waals surface area (Å²) in [7, 11) is 0. The van der Waals surface area contributed by atoms with Gasteiger partial charge in [0.15, 0.2) is 11.6 Å². The fraction of sp³-hybridized carbons (Fsp3) is 0.0769. The van der Waals surface area contributed by atoms with Gasteiger partial charge in [0.2, 0.25) is 0 Å². The maximum absolute atomic E-state index is 15.3. The third-order valence-corrected chi connectivity index (χ3v) is 5.45. The minimum Gasteiger partial charge on any atom is -0.486 e. The lowest BCUT2D eigenvalue weighted by Gasteiger charge is -2.16. The topological polar surface area (TPSA) is 71.0 Å². The quantitative estimate of drug-likeness (QED) is 0.360. The zero-order chi connectivity index (χ0) is 22.8. The molecule has 3 aromatic heterocycles. The first-order valence-corrected chi connectivity index (χ1v) is 10.3. The first kappa shape index (κ1) is 20.8. The second-order valence-electron chi connectivity index (χ2n) is 7.56. The van der Waals surface area contributed by atoms with Crippen molar-refractivity contribution in [2.45, 2.75) is 12.7 Å². The number of aliphatic hydroxyl groups is 1. The lowest BCUT2D eigenvalue weighted by Crippen LogP contribution is -2.08. The minimum absolute atomic E-state index is 0.115. The second-order valence-corrected chi connectivity index (χ2v) is 7.56. The highest BCUT2D eigenvalue weighted by molar-refractivity contribution is 5.85. The number of aliphatic hydroxyl groups excluding tert-OH is 1. The van der Waals surface area contributed by atoms with Crippen molar-refractivity contribution in [2.75, 3.05) is 0 Å². The van der Waals surface area contributed by atoms with Gasteiger partial charge in [-0.2, -0.15) is 0 Å². The summed E-state index contributed by atoms with van der Waals surface area (Å²) in [6.07, 6.45) is 4.97. The number of hydrogen-bond donors (Lipinski definition) is 2. The summed E-state index contributed by atoms with van der Waals surface area (Å²) in [6.45, 7) is 0.115. The molecular formula is C26H19F2N3O2. The van der Waals surface area contributed by atoms with Crippen LogP contribution in [-0.2, 0) is 6.61 Å². The molecule has 0 saturated heterocycles. The summed E-state index contributed by atoms with van der Waals surface area (Å²) in [5, 5.41) is 11.6. The van der Waals surface area contributed by atoms with Crippen molar-refractivity contribution in [1.82, 2.24) is 15.0 Å². The Morgan fingerprint density at radius 2 is 1.82 bits per heavy atom. The van der Waals surface area contributed by atoms with Crippen LogP contribution < -0.4 is 4.74 Å². The Balaban J connectivity index is 1.50. The molecular weight excluding hydrogens is 424 g/mol. The first-order valence-electron chi connectivity index (χ1n) is 10.3. The fourth-order valence-electron chi connectivity index (χ4n) is 3.74. The van der Waals surface area contributed by atoms with E-state index >= 15 is 4.39 Å². The van der Waals surface area contributed by atoms with Gasteiger partial charge in [-0.05, 0) is 29.8 Å². The first-order chi connectivity index (χ1) is 16.1. The molecule has 5 rings (SSSR count). The molecule has 0 fully saturated rings. The Hall–Kier alpha value is -4.10. The van der Waals surface area contributed by atoms with E-state index in [0.29, 0.717) is 16.6 Å². The Kier molecular flexibility index (Phi) is 5.54. The highest BCUT2D eigenvalue weighted by atomic mass is 19.1. The lowest BCUT2D eigenvalue weighted by atomic mass is 9.99. The van der Waals surface area contributed by atoms with Gasteiger partial charge >= 0.3 is 0 Å². The van der Waals surface area contributed by atoms with E-state index in [2.05, 4.69) is 15.0 Å². The molecule has 5 nitrogen and oxygen atoms in total. The van der Waals surface area contributed by atoms with Crippen molar-refractivity contribution in [3.8, 4) is 16.9 Å². The minimum atomic E-state index is -1.56. The van der Waals surface area contributed by atoms with E-state index in [0.717, 1.165) is 22.8 Å². The monoisotopic (exact) mass is 443 g/mol. The van der Waals surface area contributed by atoms with E-state index in [4.69, 9.17) is 4.74 Å². The van der Waals surface area contributed by atoms with Crippen molar-refractivity contribution in [1.29, 1.82) is 0 Å². The van der Waals surface area contributed by atoms with E-state index in [9.17, 15) is 9.50 Å². The van der Waals surface area contributed by atoms with Crippen LogP contribution in [0, 0.1) is 11.6 Å². The number of aromatic nitrogens is 3. The summed E-state index contributed by atoms with van der Waals surface area (Å²) < 4.78 is 35.5. The molecule has 2 N–H and O–H groups in total. The standard InChI is InChI=1S/C26H19F2N3O2/c27-21-8-9-22(33-15-16-5-2-1-3-6-16)24(28)23(21)25(32)20-14-31-26-19(20)11-18(13-30-26)17-7-4-10-29-12-17/h1-14,25,32H,15H2,(H,30,31). The van der Waals surface area contributed by atoms with Crippen LogP contribution in [0.4, 0.5) is 8.78 Å². The summed E-state index contributed by atoms with van der Waals surface area (Å²) in [5.74, 6) is -1.94. The summed E-state index contributed by atoms with van der Waals surface area (Å²) in [6, 6.07) is 17.1. The van der Waals surface area contributed by atoms with E-state index in [-0.39, 0.29) is 12.4 Å². The molecule has 0 radical (unpaired) electrons. The smallest absolute Gasteiger partial charge is 0.174 e. The fourth-order valence-corrected chi connectivity index (χ4v) is 3.74. The number of nitrogens with zero attached hydrogens (tertiary/aromatic N) is 2. The second kappa shape index (κ2) is 8.80. The van der Waals surface area contributed by atoms with Gasteiger partial charge in [-0.25, -0.2) is 13.8 Å². The van der Waals surface area contributed by atoms with Crippen LogP contribution in [0.1, 0.15) is 22.8 Å². The number of nitrogens with one attached hydrogen (secondary N) is 1. The van der Waals surface area contributed by atoms with Gasteiger partial charge in [-0.1, -0.05) is 36.4 Å². The van der Waals surface area contributed by atoms with Gasteiger partial charge < -0.3 is 14.8 Å². The van der Waals surface area contributed by atoms with Gasteiger partial charge in [-0.15, -0.1) is 0 Å². The van der Waals surface area contributed by atoms with Crippen molar-refractivity contribution in [2.24, 2.45) is 0 Å². The zero-order valence-corrected chi connectivity index (χ0v) is 17.4. The predicted molar refractivity (Wildman–Crippen MR) is 121 cm³/mol. The number of pyridine rings is 2. The number of aromatic amines is 1. The molecule has 33 heavy (non-hydrogen) atoms. The molecule has 5 aromatic rings. The summed E-state index contributed by atoms with van der Waals surface area (Å²) in [4.78, 5) is 11.4. The molecule has 0 saturated carbocycles. The third-order valence-electron chi connectivity index (χ3n) is 5.45. The molecule has 164 valence electrons. The van der Waals surface area contributed by atoms with Crippen LogP contribution in [0.2, 0.25) is 0 Å². The van der Waals surface area contributed by atoms with E-state index in [1.807, 2.05) is 36.4 Å². The Bertz CT molecular complexity index is 1410. The van der Waals surface area contributed by atoms with Crippen molar-refractivity contribution >= 4 is 11.0 Å². The zero-order valence-electron chi connectivity index (χ0n) is 17.4. The largest absolute Gasteiger partial charge is 0.486 e.